The number of fused-ring (bicyclic) bond motifs is 1. The first-order valence-corrected chi connectivity index (χ1v) is 8.52. The molecule has 1 aromatic rings. The highest BCUT2D eigenvalue weighted by Gasteiger charge is 2.31. The fourth-order valence-electron chi connectivity index (χ4n) is 2.86. The summed E-state index contributed by atoms with van der Waals surface area (Å²) in [6, 6.07) is 8.28. The monoisotopic (exact) mass is 267 g/mol. The smallest absolute Gasteiger partial charge is 0.147 e. The van der Waals surface area contributed by atoms with Gasteiger partial charge in [-0.2, -0.15) is 0 Å². The van der Waals surface area contributed by atoms with Crippen LogP contribution in [0.15, 0.2) is 24.3 Å². The number of hydrogen-bond acceptors (Lipinski definition) is 3. The van der Waals surface area contributed by atoms with Gasteiger partial charge in [-0.25, -0.2) is 8.42 Å². The number of aryl methyl sites for hydroxylation is 1. The number of rotatable bonds is 4. The van der Waals surface area contributed by atoms with Gasteiger partial charge in [0.25, 0.3) is 0 Å². The Bertz CT molecular complexity index is 524. The van der Waals surface area contributed by atoms with Crippen LogP contribution in [0.4, 0.5) is 0 Å². The zero-order valence-electron chi connectivity index (χ0n) is 10.9. The first-order chi connectivity index (χ1) is 8.41. The van der Waals surface area contributed by atoms with Gasteiger partial charge < -0.3 is 5.73 Å². The van der Waals surface area contributed by atoms with Gasteiger partial charge in [0, 0.05) is 17.5 Å². The quantitative estimate of drug-likeness (QED) is 0.907. The molecule has 100 valence electrons. The second-order valence-electron chi connectivity index (χ2n) is 5.40. The molecule has 3 nitrogen and oxygen atoms in total. The van der Waals surface area contributed by atoms with Gasteiger partial charge in [0.05, 0.1) is 0 Å². The highest BCUT2D eigenvalue weighted by atomic mass is 32.2. The van der Waals surface area contributed by atoms with Crippen molar-refractivity contribution in [2.45, 2.75) is 37.6 Å². The number of sulfone groups is 1. The van der Waals surface area contributed by atoms with E-state index in [1.54, 1.807) is 0 Å². The topological polar surface area (TPSA) is 60.2 Å². The molecule has 0 radical (unpaired) electrons. The predicted octanol–water partition coefficient (Wildman–Crippen LogP) is 2.00. The van der Waals surface area contributed by atoms with Crippen molar-refractivity contribution >= 4 is 9.84 Å². The van der Waals surface area contributed by atoms with E-state index >= 15 is 0 Å². The van der Waals surface area contributed by atoms with Crippen LogP contribution in [-0.2, 0) is 21.8 Å². The molecule has 2 N–H and O–H groups in total. The van der Waals surface area contributed by atoms with Crippen LogP contribution in [0.3, 0.4) is 0 Å². The van der Waals surface area contributed by atoms with Gasteiger partial charge in [-0.3, -0.25) is 0 Å². The van der Waals surface area contributed by atoms with E-state index in [1.807, 2.05) is 12.1 Å². The van der Waals surface area contributed by atoms with Crippen LogP contribution in [0, 0.1) is 0 Å². The van der Waals surface area contributed by atoms with E-state index < -0.39 is 9.84 Å². The van der Waals surface area contributed by atoms with Gasteiger partial charge >= 0.3 is 0 Å². The maximum Gasteiger partial charge on any atom is 0.147 e. The minimum absolute atomic E-state index is 0.230. The highest BCUT2D eigenvalue weighted by Crippen LogP contribution is 2.36. The molecule has 0 fully saturated rings. The summed E-state index contributed by atoms with van der Waals surface area (Å²) in [5.74, 6) is 0.230. The second kappa shape index (κ2) is 5.02. The van der Waals surface area contributed by atoms with Crippen molar-refractivity contribution in [3.8, 4) is 0 Å². The van der Waals surface area contributed by atoms with E-state index in [2.05, 4.69) is 12.1 Å². The lowest BCUT2D eigenvalue weighted by Gasteiger charge is -2.36. The molecule has 0 aliphatic heterocycles. The molecule has 0 amide bonds. The van der Waals surface area contributed by atoms with E-state index in [0.717, 1.165) is 25.7 Å². The normalized spacial score (nSPS) is 23.7. The molecule has 0 saturated heterocycles. The number of benzene rings is 1. The first-order valence-electron chi connectivity index (χ1n) is 6.46. The molecule has 1 aliphatic carbocycles. The third kappa shape index (κ3) is 3.12. The lowest BCUT2D eigenvalue weighted by molar-refractivity contribution is 0.343. The lowest BCUT2D eigenvalue weighted by Crippen LogP contribution is -2.40. The van der Waals surface area contributed by atoms with E-state index in [1.165, 1.54) is 17.4 Å². The molecule has 0 aromatic heterocycles. The molecule has 0 spiro atoms. The van der Waals surface area contributed by atoms with Crippen molar-refractivity contribution in [1.29, 1.82) is 0 Å². The number of nitrogens with two attached hydrogens (primary N) is 1. The van der Waals surface area contributed by atoms with Crippen LogP contribution in [0.25, 0.3) is 0 Å². The highest BCUT2D eigenvalue weighted by molar-refractivity contribution is 7.90. The van der Waals surface area contributed by atoms with Gasteiger partial charge in [-0.15, -0.1) is 0 Å². The van der Waals surface area contributed by atoms with Crippen molar-refractivity contribution in [2.24, 2.45) is 5.73 Å². The van der Waals surface area contributed by atoms with Crippen molar-refractivity contribution in [3.05, 3.63) is 35.4 Å². The average molecular weight is 267 g/mol. The molecule has 1 aromatic carbocycles. The zero-order chi connectivity index (χ0) is 13.2. The molecule has 0 heterocycles. The maximum atomic E-state index is 11.2. The molecule has 0 saturated carbocycles. The molecule has 2 rings (SSSR count). The summed E-state index contributed by atoms with van der Waals surface area (Å²) in [5, 5.41) is 0. The number of hydrogen-bond donors (Lipinski definition) is 1. The van der Waals surface area contributed by atoms with Gasteiger partial charge in [0.15, 0.2) is 0 Å². The summed E-state index contributed by atoms with van der Waals surface area (Å²) >= 11 is 0. The molecule has 1 atom stereocenters. The minimum atomic E-state index is -2.88. The summed E-state index contributed by atoms with van der Waals surface area (Å²) in [6.07, 6.45) is 5.80. The maximum absolute atomic E-state index is 11.2. The molecule has 18 heavy (non-hydrogen) atoms. The minimum Gasteiger partial charge on any atom is -0.321 e. The Morgan fingerprint density at radius 2 is 2.06 bits per heavy atom. The Morgan fingerprint density at radius 3 is 2.78 bits per heavy atom. The Labute approximate surface area is 109 Å². The summed E-state index contributed by atoms with van der Waals surface area (Å²) in [5.41, 5.74) is 8.71. The van der Waals surface area contributed by atoms with Crippen molar-refractivity contribution in [2.75, 3.05) is 12.0 Å². The molecule has 1 unspecified atom stereocenters. The third-order valence-electron chi connectivity index (χ3n) is 3.76. The largest absolute Gasteiger partial charge is 0.321 e. The van der Waals surface area contributed by atoms with Gasteiger partial charge in [-0.1, -0.05) is 24.3 Å². The van der Waals surface area contributed by atoms with E-state index in [9.17, 15) is 8.42 Å². The fraction of sp³-hybridized carbons (Fsp3) is 0.571. The Kier molecular flexibility index (Phi) is 3.78. The van der Waals surface area contributed by atoms with Crippen LogP contribution in [0.5, 0.6) is 0 Å². The van der Waals surface area contributed by atoms with Gasteiger partial charge in [-0.05, 0) is 43.2 Å². The Balaban J connectivity index is 2.12. The standard InChI is InChI=1S/C14H21NO2S/c1-18(16,17)11-5-10-14(15)9-4-7-12-6-2-3-8-13(12)14/h2-3,6,8H,4-5,7,9-11,15H2,1H3. The zero-order valence-corrected chi connectivity index (χ0v) is 11.7. The SMILES string of the molecule is CS(=O)(=O)CCCC1(N)CCCc2ccccc21. The van der Waals surface area contributed by atoms with Crippen molar-refractivity contribution in [3.63, 3.8) is 0 Å². The van der Waals surface area contributed by atoms with E-state index in [4.69, 9.17) is 5.73 Å². The molecule has 4 heteroatoms. The predicted molar refractivity (Wildman–Crippen MR) is 74.2 cm³/mol. The third-order valence-corrected chi connectivity index (χ3v) is 4.79. The fourth-order valence-corrected chi connectivity index (χ4v) is 3.53. The van der Waals surface area contributed by atoms with Crippen molar-refractivity contribution < 1.29 is 8.42 Å². The van der Waals surface area contributed by atoms with Gasteiger partial charge in [0.2, 0.25) is 0 Å². The lowest BCUT2D eigenvalue weighted by atomic mass is 9.75. The summed E-state index contributed by atoms with van der Waals surface area (Å²) in [4.78, 5) is 0. The van der Waals surface area contributed by atoms with Crippen LogP contribution in [0.2, 0.25) is 0 Å². The summed E-state index contributed by atoms with van der Waals surface area (Å²) in [6.45, 7) is 0. The second-order valence-corrected chi connectivity index (χ2v) is 7.66. The molecule has 0 bridgehead atoms. The van der Waals surface area contributed by atoms with Crippen LogP contribution < -0.4 is 5.73 Å². The summed E-state index contributed by atoms with van der Waals surface area (Å²) < 4.78 is 22.4. The van der Waals surface area contributed by atoms with Gasteiger partial charge in [0.1, 0.15) is 9.84 Å². The van der Waals surface area contributed by atoms with Crippen LogP contribution >= 0.6 is 0 Å². The Hall–Kier alpha value is -0.870. The summed E-state index contributed by atoms with van der Waals surface area (Å²) in [7, 11) is -2.88. The van der Waals surface area contributed by atoms with E-state index in [0.29, 0.717) is 6.42 Å². The molecular weight excluding hydrogens is 246 g/mol. The first kappa shape index (κ1) is 13.6. The molecule has 1 aliphatic rings. The van der Waals surface area contributed by atoms with Crippen LogP contribution in [-0.4, -0.2) is 20.4 Å². The van der Waals surface area contributed by atoms with E-state index in [-0.39, 0.29) is 11.3 Å². The Morgan fingerprint density at radius 1 is 1.33 bits per heavy atom. The molecular formula is C14H21NO2S. The average Bonchev–Trinajstić information content (AvgIpc) is 2.28. The van der Waals surface area contributed by atoms with Crippen LogP contribution in [0.1, 0.15) is 36.8 Å². The van der Waals surface area contributed by atoms with Crippen molar-refractivity contribution in [1.82, 2.24) is 0 Å².